The largest absolute Gasteiger partial charge is 0.468 e. The van der Waals surface area contributed by atoms with Crippen molar-refractivity contribution >= 4 is 41.6 Å². The second-order valence-electron chi connectivity index (χ2n) is 10.7. The lowest BCUT2D eigenvalue weighted by Crippen LogP contribution is -2.60. The molecule has 244 valence electrons. The first-order valence-electron chi connectivity index (χ1n) is 14.2. The van der Waals surface area contributed by atoms with E-state index in [-0.39, 0.29) is 26.0 Å². The smallest absolute Gasteiger partial charge is 0.408 e. The number of nitrogens with two attached hydrogens (primary N) is 1. The van der Waals surface area contributed by atoms with Gasteiger partial charge in [0.2, 0.25) is 29.5 Å². The minimum Gasteiger partial charge on any atom is -0.468 e. The van der Waals surface area contributed by atoms with Crippen molar-refractivity contribution in [2.45, 2.75) is 78.2 Å². The molecule has 6 amide bonds. The summed E-state index contributed by atoms with van der Waals surface area (Å²) in [6, 6.07) is 4.33. The van der Waals surface area contributed by atoms with Gasteiger partial charge in [-0.1, -0.05) is 58.0 Å². The Balaban J connectivity index is 2.93. The fourth-order valence-electron chi connectivity index (χ4n) is 3.78. The molecule has 4 atom stereocenters. The molecule has 0 aromatic heterocycles. The molecule has 0 unspecified atom stereocenters. The zero-order valence-electron chi connectivity index (χ0n) is 25.9. The number of hydrogen-bond acceptors (Lipinski definition) is 9. The number of esters is 1. The van der Waals surface area contributed by atoms with Crippen LogP contribution in [0.25, 0.3) is 0 Å². The highest BCUT2D eigenvalue weighted by Gasteiger charge is 2.33. The van der Waals surface area contributed by atoms with Gasteiger partial charge in [0, 0.05) is 6.42 Å². The summed E-state index contributed by atoms with van der Waals surface area (Å²) >= 11 is 0. The molecule has 0 fully saturated rings. The molecule has 0 radical (unpaired) electrons. The Morgan fingerprint density at radius 1 is 0.750 bits per heavy atom. The van der Waals surface area contributed by atoms with Crippen LogP contribution in [0.1, 0.15) is 53.0 Å². The molecule has 0 bridgehead atoms. The molecular formula is C29H44N6O9. The van der Waals surface area contributed by atoms with Crippen molar-refractivity contribution in [3.8, 4) is 0 Å². The van der Waals surface area contributed by atoms with E-state index in [1.807, 2.05) is 0 Å². The molecule has 1 rings (SSSR count). The number of ether oxygens (including phenoxy) is 2. The first kappa shape index (κ1) is 37.3. The van der Waals surface area contributed by atoms with Crippen LogP contribution in [0.2, 0.25) is 0 Å². The van der Waals surface area contributed by atoms with E-state index in [0.717, 1.165) is 5.56 Å². The van der Waals surface area contributed by atoms with Crippen LogP contribution in [0.4, 0.5) is 4.79 Å². The van der Waals surface area contributed by atoms with E-state index in [0.29, 0.717) is 0 Å². The van der Waals surface area contributed by atoms with Crippen molar-refractivity contribution in [1.82, 2.24) is 26.6 Å². The van der Waals surface area contributed by atoms with E-state index >= 15 is 0 Å². The zero-order chi connectivity index (χ0) is 33.4. The molecule has 0 aliphatic carbocycles. The van der Waals surface area contributed by atoms with Gasteiger partial charge in [0.25, 0.3) is 0 Å². The summed E-state index contributed by atoms with van der Waals surface area (Å²) in [4.78, 5) is 86.9. The van der Waals surface area contributed by atoms with Crippen molar-refractivity contribution in [3.05, 3.63) is 35.9 Å². The summed E-state index contributed by atoms with van der Waals surface area (Å²) in [5, 5.41) is 12.4. The highest BCUT2D eigenvalue weighted by atomic mass is 16.5. The first-order chi connectivity index (χ1) is 20.7. The second-order valence-corrected chi connectivity index (χ2v) is 10.7. The van der Waals surface area contributed by atoms with Crippen molar-refractivity contribution in [1.29, 1.82) is 0 Å². The molecule has 0 aliphatic rings. The van der Waals surface area contributed by atoms with Crippen LogP contribution in [0.3, 0.4) is 0 Å². The van der Waals surface area contributed by atoms with Crippen LogP contribution < -0.4 is 32.3 Å². The summed E-state index contributed by atoms with van der Waals surface area (Å²) in [5.41, 5.74) is 5.96. The van der Waals surface area contributed by atoms with E-state index in [1.165, 1.54) is 14.0 Å². The number of rotatable bonds is 17. The number of nitrogens with one attached hydrogen (secondary N) is 5. The monoisotopic (exact) mass is 620 g/mol. The number of carbonyl (C=O) groups excluding carboxylic acids is 7. The van der Waals surface area contributed by atoms with Crippen LogP contribution in [-0.2, 0) is 44.8 Å². The quantitative estimate of drug-likeness (QED) is 0.125. The number of amides is 6. The van der Waals surface area contributed by atoms with Gasteiger partial charge in [-0.15, -0.1) is 0 Å². The number of benzene rings is 1. The van der Waals surface area contributed by atoms with Gasteiger partial charge in [-0.05, 0) is 30.7 Å². The summed E-state index contributed by atoms with van der Waals surface area (Å²) < 4.78 is 9.64. The molecule has 0 heterocycles. The molecule has 0 saturated heterocycles. The molecule has 1 aromatic carbocycles. The number of hydrogen-bond donors (Lipinski definition) is 6. The van der Waals surface area contributed by atoms with Crippen molar-refractivity contribution in [2.75, 3.05) is 13.7 Å². The van der Waals surface area contributed by atoms with Crippen LogP contribution in [0.5, 0.6) is 0 Å². The lowest BCUT2D eigenvalue weighted by molar-refractivity contribution is -0.141. The Morgan fingerprint density at radius 3 is 1.82 bits per heavy atom. The third-order valence-electron chi connectivity index (χ3n) is 6.38. The van der Waals surface area contributed by atoms with Gasteiger partial charge in [0.1, 0.15) is 37.3 Å². The summed E-state index contributed by atoms with van der Waals surface area (Å²) in [5.74, 6) is -4.99. The van der Waals surface area contributed by atoms with Crippen molar-refractivity contribution in [3.63, 3.8) is 0 Å². The molecule has 7 N–H and O–H groups in total. The third-order valence-corrected chi connectivity index (χ3v) is 6.38. The van der Waals surface area contributed by atoms with Gasteiger partial charge in [-0.3, -0.25) is 28.8 Å². The SMILES string of the molecule is COC(=O)CNC(=O)[C@H](C)NC(=O)[C@@H](NC(=O)[C@@H](NC(=O)[C@H](CCC(N)=O)NC(=O)OCc1ccccc1)C(C)C)C(C)C. The van der Waals surface area contributed by atoms with E-state index in [2.05, 4.69) is 31.3 Å². The zero-order valence-corrected chi connectivity index (χ0v) is 25.9. The van der Waals surface area contributed by atoms with E-state index in [4.69, 9.17) is 10.5 Å². The predicted molar refractivity (Wildman–Crippen MR) is 158 cm³/mol. The molecule has 0 spiro atoms. The molecule has 15 heteroatoms. The molecule has 44 heavy (non-hydrogen) atoms. The predicted octanol–water partition coefficient (Wildman–Crippen LogP) is -0.378. The standard InChI is InChI=1S/C29H44N6O9/c1-16(2)23(27(40)32-18(5)25(38)31-14-22(37)43-6)35-28(41)24(17(3)4)34-26(39)20(12-13-21(30)36)33-29(42)44-15-19-10-8-7-9-11-19/h7-11,16-18,20,23-24H,12-15H2,1-6H3,(H2,30,36)(H,31,38)(H,32,40)(H,33,42)(H,34,39)(H,35,41)/t18-,20-,23-,24-/m0/s1. The van der Waals surface area contributed by atoms with Crippen molar-refractivity contribution in [2.24, 2.45) is 17.6 Å². The highest BCUT2D eigenvalue weighted by Crippen LogP contribution is 2.09. The van der Waals surface area contributed by atoms with Gasteiger partial charge < -0.3 is 41.8 Å². The number of carbonyl (C=O) groups is 7. The molecule has 0 saturated carbocycles. The lowest BCUT2D eigenvalue weighted by atomic mass is 9.99. The summed E-state index contributed by atoms with van der Waals surface area (Å²) in [6.45, 7) is 7.67. The Morgan fingerprint density at radius 2 is 1.30 bits per heavy atom. The average molecular weight is 621 g/mol. The van der Waals surface area contributed by atoms with Gasteiger partial charge in [-0.25, -0.2) is 4.79 Å². The van der Waals surface area contributed by atoms with Gasteiger partial charge in [0.15, 0.2) is 0 Å². The highest BCUT2D eigenvalue weighted by molar-refractivity contribution is 5.95. The number of primary amides is 1. The van der Waals surface area contributed by atoms with E-state index < -0.39 is 77.6 Å². The van der Waals surface area contributed by atoms with Crippen LogP contribution in [-0.4, -0.2) is 79.4 Å². The van der Waals surface area contributed by atoms with Crippen LogP contribution in [0.15, 0.2) is 30.3 Å². The fraction of sp³-hybridized carbons (Fsp3) is 0.552. The van der Waals surface area contributed by atoms with E-state index in [1.54, 1.807) is 58.0 Å². The van der Waals surface area contributed by atoms with Gasteiger partial charge in [-0.2, -0.15) is 0 Å². The molecular weight excluding hydrogens is 576 g/mol. The fourth-order valence-corrected chi connectivity index (χ4v) is 3.78. The topological polar surface area (TPSA) is 224 Å². The lowest BCUT2D eigenvalue weighted by Gasteiger charge is -2.29. The maximum atomic E-state index is 13.3. The van der Waals surface area contributed by atoms with E-state index in [9.17, 15) is 33.6 Å². The van der Waals surface area contributed by atoms with Gasteiger partial charge >= 0.3 is 12.1 Å². The minimum atomic E-state index is -1.26. The normalized spacial score (nSPS) is 13.5. The minimum absolute atomic E-state index is 0.0575. The summed E-state index contributed by atoms with van der Waals surface area (Å²) in [6.07, 6.45) is -1.29. The second kappa shape index (κ2) is 18.8. The average Bonchev–Trinajstić information content (AvgIpc) is 2.97. The molecule has 0 aliphatic heterocycles. The molecule has 15 nitrogen and oxygen atoms in total. The Bertz CT molecular complexity index is 1160. The Hall–Kier alpha value is -4.69. The maximum Gasteiger partial charge on any atom is 0.408 e. The van der Waals surface area contributed by atoms with Crippen molar-refractivity contribution < 1.29 is 43.0 Å². The van der Waals surface area contributed by atoms with Crippen LogP contribution >= 0.6 is 0 Å². The number of methoxy groups -OCH3 is 1. The summed E-state index contributed by atoms with van der Waals surface area (Å²) in [7, 11) is 1.17. The van der Waals surface area contributed by atoms with Gasteiger partial charge in [0.05, 0.1) is 7.11 Å². The third kappa shape index (κ3) is 13.5. The maximum absolute atomic E-state index is 13.3. The first-order valence-corrected chi connectivity index (χ1v) is 14.2. The number of alkyl carbamates (subject to hydrolysis) is 1. The Labute approximate surface area is 256 Å². The Kier molecular flexibility index (Phi) is 15.9. The molecule has 1 aromatic rings. The van der Waals surface area contributed by atoms with Crippen LogP contribution in [0, 0.1) is 11.8 Å².